The number of aromatic nitrogens is 1. The second kappa shape index (κ2) is 4.53. The van der Waals surface area contributed by atoms with E-state index in [1.807, 2.05) is 18.7 Å². The van der Waals surface area contributed by atoms with Gasteiger partial charge in [-0.1, -0.05) is 0 Å². The van der Waals surface area contributed by atoms with Crippen LogP contribution >= 0.6 is 0 Å². The molecule has 6 heteroatoms. The molecular formula is C13H17N3O3. The Hall–Kier alpha value is -2.11. The van der Waals surface area contributed by atoms with Crippen LogP contribution in [-0.4, -0.2) is 40.6 Å². The lowest BCUT2D eigenvalue weighted by Crippen LogP contribution is -2.62. The highest BCUT2D eigenvalue weighted by Gasteiger charge is 2.38. The van der Waals surface area contributed by atoms with Gasteiger partial charge in [0.05, 0.1) is 5.56 Å². The summed E-state index contributed by atoms with van der Waals surface area (Å²) in [6, 6.07) is 1.58. The number of hydrogen-bond acceptors (Lipinski definition) is 4. The molecule has 6 nitrogen and oxygen atoms in total. The van der Waals surface area contributed by atoms with Crippen LogP contribution in [0.1, 0.15) is 29.8 Å². The Balaban J connectivity index is 2.41. The highest BCUT2D eigenvalue weighted by Crippen LogP contribution is 2.27. The molecule has 19 heavy (non-hydrogen) atoms. The third-order valence-corrected chi connectivity index (χ3v) is 3.40. The van der Waals surface area contributed by atoms with Crippen molar-refractivity contribution in [3.63, 3.8) is 0 Å². The van der Waals surface area contributed by atoms with Gasteiger partial charge in [-0.15, -0.1) is 0 Å². The van der Waals surface area contributed by atoms with Crippen molar-refractivity contribution in [3.05, 3.63) is 23.4 Å². The normalized spacial score (nSPS) is 18.1. The van der Waals surface area contributed by atoms with Crippen LogP contribution in [0.3, 0.4) is 0 Å². The van der Waals surface area contributed by atoms with Gasteiger partial charge in [0.1, 0.15) is 11.4 Å². The Morgan fingerprint density at radius 1 is 1.53 bits per heavy atom. The van der Waals surface area contributed by atoms with E-state index in [1.165, 1.54) is 6.20 Å². The fraction of sp³-hybridized carbons (Fsp3) is 0.462. The number of pyridine rings is 1. The topological polar surface area (TPSA) is 82.5 Å². The van der Waals surface area contributed by atoms with Gasteiger partial charge in [0.15, 0.2) is 0 Å². The van der Waals surface area contributed by atoms with Crippen molar-refractivity contribution in [2.45, 2.75) is 26.3 Å². The molecule has 0 saturated carbocycles. The first-order valence-corrected chi connectivity index (χ1v) is 6.10. The van der Waals surface area contributed by atoms with Gasteiger partial charge >= 0.3 is 5.97 Å². The van der Waals surface area contributed by atoms with Crippen molar-refractivity contribution < 1.29 is 14.7 Å². The predicted molar refractivity (Wildman–Crippen MR) is 70.4 cm³/mol. The van der Waals surface area contributed by atoms with Gasteiger partial charge in [0.2, 0.25) is 5.91 Å². The highest BCUT2D eigenvalue weighted by molar-refractivity contribution is 5.91. The molecule has 0 aliphatic carbocycles. The van der Waals surface area contributed by atoms with E-state index in [0.717, 1.165) is 5.56 Å². The maximum Gasteiger partial charge on any atom is 0.337 e. The largest absolute Gasteiger partial charge is 0.478 e. The Bertz CT molecular complexity index is 540. The van der Waals surface area contributed by atoms with Crippen LogP contribution in [0.5, 0.6) is 0 Å². The number of nitrogens with zero attached hydrogens (tertiary/aromatic N) is 2. The number of amides is 1. The monoisotopic (exact) mass is 263 g/mol. The molecule has 1 aliphatic rings. The third kappa shape index (κ3) is 2.25. The summed E-state index contributed by atoms with van der Waals surface area (Å²) < 4.78 is 0. The first-order chi connectivity index (χ1) is 8.84. The lowest BCUT2D eigenvalue weighted by Gasteiger charge is -2.42. The summed E-state index contributed by atoms with van der Waals surface area (Å²) in [6.07, 6.45) is 1.33. The van der Waals surface area contributed by atoms with E-state index in [4.69, 9.17) is 5.11 Å². The molecule has 2 heterocycles. The van der Waals surface area contributed by atoms with Crippen molar-refractivity contribution in [2.75, 3.05) is 18.0 Å². The van der Waals surface area contributed by atoms with Crippen LogP contribution in [0.25, 0.3) is 0 Å². The van der Waals surface area contributed by atoms with Crippen LogP contribution in [0, 0.1) is 6.92 Å². The number of hydrogen-bond donors (Lipinski definition) is 2. The van der Waals surface area contributed by atoms with Gasteiger partial charge in [-0.05, 0) is 32.4 Å². The molecule has 0 radical (unpaired) electrons. The summed E-state index contributed by atoms with van der Waals surface area (Å²) >= 11 is 0. The second-order valence-corrected chi connectivity index (χ2v) is 5.14. The number of aromatic carboxylic acids is 1. The van der Waals surface area contributed by atoms with E-state index in [2.05, 4.69) is 10.3 Å². The Morgan fingerprint density at radius 3 is 2.79 bits per heavy atom. The molecule has 2 N–H and O–H groups in total. The third-order valence-electron chi connectivity index (χ3n) is 3.40. The number of aryl methyl sites for hydroxylation is 1. The number of anilines is 1. The Labute approximate surface area is 111 Å². The van der Waals surface area contributed by atoms with Gasteiger partial charge in [-0.2, -0.15) is 0 Å². The van der Waals surface area contributed by atoms with E-state index in [1.54, 1.807) is 13.0 Å². The Kier molecular flexibility index (Phi) is 3.18. The lowest BCUT2D eigenvalue weighted by molar-refractivity contribution is -0.126. The summed E-state index contributed by atoms with van der Waals surface area (Å²) in [7, 11) is 0. The molecule has 1 amide bonds. The molecule has 0 atom stereocenters. The fourth-order valence-corrected chi connectivity index (χ4v) is 2.24. The van der Waals surface area contributed by atoms with Crippen LogP contribution < -0.4 is 10.2 Å². The SMILES string of the molecule is Cc1cc(C(=O)O)cnc1N1CCNC(=O)C1(C)C. The van der Waals surface area contributed by atoms with Gasteiger partial charge in [-0.25, -0.2) is 9.78 Å². The standard InChI is InChI=1S/C13H17N3O3/c1-8-6-9(11(17)18)7-15-10(8)16-5-4-14-12(19)13(16,2)3/h6-7H,4-5H2,1-3H3,(H,14,19)(H,17,18). The number of carbonyl (C=O) groups is 2. The second-order valence-electron chi connectivity index (χ2n) is 5.14. The van der Waals surface area contributed by atoms with Gasteiger partial charge in [0.25, 0.3) is 0 Å². The summed E-state index contributed by atoms with van der Waals surface area (Å²) in [4.78, 5) is 28.9. The molecule has 0 bridgehead atoms. The minimum Gasteiger partial charge on any atom is -0.478 e. The molecule has 1 aliphatic heterocycles. The molecule has 1 fully saturated rings. The smallest absolute Gasteiger partial charge is 0.337 e. The predicted octanol–water partition coefficient (Wildman–Crippen LogP) is 0.803. The maximum atomic E-state index is 11.9. The van der Waals surface area contributed by atoms with E-state index >= 15 is 0 Å². The Morgan fingerprint density at radius 2 is 2.21 bits per heavy atom. The fourth-order valence-electron chi connectivity index (χ4n) is 2.24. The summed E-state index contributed by atoms with van der Waals surface area (Å²) in [5.74, 6) is -0.398. The zero-order valence-electron chi connectivity index (χ0n) is 11.2. The number of carboxylic acids is 1. The van der Waals surface area contributed by atoms with Crippen molar-refractivity contribution in [2.24, 2.45) is 0 Å². The lowest BCUT2D eigenvalue weighted by atomic mass is 9.98. The number of carboxylic acid groups (broad SMARTS) is 1. The quantitative estimate of drug-likeness (QED) is 0.824. The van der Waals surface area contributed by atoms with Crippen molar-refractivity contribution in [1.29, 1.82) is 0 Å². The molecular weight excluding hydrogens is 246 g/mol. The average molecular weight is 263 g/mol. The zero-order valence-corrected chi connectivity index (χ0v) is 11.2. The van der Waals surface area contributed by atoms with Crippen molar-refractivity contribution in [3.8, 4) is 0 Å². The number of piperazine rings is 1. The highest BCUT2D eigenvalue weighted by atomic mass is 16.4. The summed E-state index contributed by atoms with van der Waals surface area (Å²) in [5.41, 5.74) is 0.212. The molecule has 0 aromatic carbocycles. The molecule has 1 aromatic rings. The molecule has 0 unspecified atom stereocenters. The van der Waals surface area contributed by atoms with Gasteiger partial charge < -0.3 is 15.3 Å². The minimum atomic E-state index is -1.00. The number of rotatable bonds is 2. The van der Waals surface area contributed by atoms with Crippen molar-refractivity contribution in [1.82, 2.24) is 10.3 Å². The van der Waals surface area contributed by atoms with Crippen LogP contribution in [0.2, 0.25) is 0 Å². The summed E-state index contributed by atoms with van der Waals surface area (Å²) in [5, 5.41) is 11.8. The molecule has 2 rings (SSSR count). The zero-order chi connectivity index (χ0) is 14.2. The summed E-state index contributed by atoms with van der Waals surface area (Å²) in [6.45, 7) is 6.67. The van der Waals surface area contributed by atoms with Crippen LogP contribution in [0.15, 0.2) is 12.3 Å². The van der Waals surface area contributed by atoms with Gasteiger partial charge in [-0.3, -0.25) is 4.79 Å². The molecule has 0 spiro atoms. The van der Waals surface area contributed by atoms with Crippen LogP contribution in [-0.2, 0) is 4.79 Å². The van der Waals surface area contributed by atoms with E-state index < -0.39 is 11.5 Å². The number of carbonyl (C=O) groups excluding carboxylic acids is 1. The minimum absolute atomic E-state index is 0.0535. The average Bonchev–Trinajstić information content (AvgIpc) is 2.33. The first-order valence-electron chi connectivity index (χ1n) is 6.10. The molecule has 102 valence electrons. The first kappa shape index (κ1) is 13.3. The number of nitrogens with one attached hydrogen (secondary N) is 1. The maximum absolute atomic E-state index is 11.9. The molecule has 1 saturated heterocycles. The molecule has 1 aromatic heterocycles. The van der Waals surface area contributed by atoms with E-state index in [9.17, 15) is 9.59 Å². The van der Waals surface area contributed by atoms with Crippen LogP contribution in [0.4, 0.5) is 5.82 Å². The van der Waals surface area contributed by atoms with E-state index in [0.29, 0.717) is 18.9 Å². The van der Waals surface area contributed by atoms with Crippen molar-refractivity contribution >= 4 is 17.7 Å². The van der Waals surface area contributed by atoms with E-state index in [-0.39, 0.29) is 11.5 Å². The van der Waals surface area contributed by atoms with Gasteiger partial charge in [0, 0.05) is 19.3 Å².